The number of carbonyl (C=O) groups excluding carboxylic acids is 2. The largest absolute Gasteiger partial charge is 0.464 e. The van der Waals surface area contributed by atoms with E-state index in [2.05, 4.69) is 5.48 Å². The minimum atomic E-state index is -1.03. The lowest BCUT2D eigenvalue weighted by Gasteiger charge is -2.15. The van der Waals surface area contributed by atoms with Gasteiger partial charge in [0.2, 0.25) is 0 Å². The molecule has 0 amide bonds. The first-order valence-electron chi connectivity index (χ1n) is 4.57. The van der Waals surface area contributed by atoms with E-state index in [1.165, 1.54) is 6.92 Å². The third-order valence-electron chi connectivity index (χ3n) is 1.35. The van der Waals surface area contributed by atoms with Crippen LogP contribution in [0.3, 0.4) is 0 Å². The van der Waals surface area contributed by atoms with Gasteiger partial charge < -0.3 is 4.74 Å². The van der Waals surface area contributed by atoms with Gasteiger partial charge >= 0.3 is 5.97 Å². The van der Waals surface area contributed by atoms with Crippen LogP contribution in [0.2, 0.25) is 0 Å². The number of esters is 1. The quantitative estimate of drug-likeness (QED) is 0.385. The van der Waals surface area contributed by atoms with Gasteiger partial charge in [-0.2, -0.15) is 5.48 Å². The molecule has 0 heterocycles. The van der Waals surface area contributed by atoms with E-state index in [0.29, 0.717) is 0 Å². The van der Waals surface area contributed by atoms with E-state index in [9.17, 15) is 9.59 Å². The van der Waals surface area contributed by atoms with Crippen LogP contribution in [-0.2, 0) is 19.2 Å². The van der Waals surface area contributed by atoms with Crippen molar-refractivity contribution < 1.29 is 19.2 Å². The number of hydrogen-bond acceptors (Lipinski definition) is 5. The van der Waals surface area contributed by atoms with Gasteiger partial charge in [0, 0.05) is 0 Å². The lowest BCUT2D eigenvalue weighted by atomic mass is 10.2. The highest BCUT2D eigenvalue weighted by atomic mass is 16.7. The summed E-state index contributed by atoms with van der Waals surface area (Å²) in [5, 5.41) is 0. The van der Waals surface area contributed by atoms with Crippen molar-refractivity contribution in [2.24, 2.45) is 0 Å². The molecule has 0 aromatic heterocycles. The number of hydroxylamine groups is 1. The summed E-state index contributed by atoms with van der Waals surface area (Å²) >= 11 is 0. The zero-order valence-corrected chi connectivity index (χ0v) is 8.99. The van der Waals surface area contributed by atoms with Crippen molar-refractivity contribution in [2.45, 2.75) is 39.8 Å². The highest BCUT2D eigenvalue weighted by molar-refractivity contribution is 6.01. The first kappa shape index (κ1) is 13.1. The number of Topliss-reactive ketones (excluding diaryl/α,β-unsaturated/α-hetero) is 1. The smallest absolute Gasteiger partial charge is 0.333 e. The molecular formula is C9H17NO4. The summed E-state index contributed by atoms with van der Waals surface area (Å²) in [6.07, 6.45) is -0.105. The second-order valence-corrected chi connectivity index (χ2v) is 3.08. The summed E-state index contributed by atoms with van der Waals surface area (Å²) in [6, 6.07) is -1.03. The van der Waals surface area contributed by atoms with E-state index >= 15 is 0 Å². The maximum atomic E-state index is 11.2. The number of nitrogens with one attached hydrogen (secondary N) is 1. The predicted octanol–water partition coefficient (Wildman–Crippen LogP) is 0.437. The summed E-state index contributed by atoms with van der Waals surface area (Å²) < 4.78 is 4.70. The molecule has 0 aliphatic carbocycles. The topological polar surface area (TPSA) is 64.6 Å². The van der Waals surface area contributed by atoms with Gasteiger partial charge in [0.05, 0.1) is 12.7 Å². The van der Waals surface area contributed by atoms with E-state index in [1.807, 2.05) is 0 Å². The molecule has 0 aliphatic heterocycles. The van der Waals surface area contributed by atoms with Gasteiger partial charge in [-0.15, -0.1) is 0 Å². The number of carbonyl (C=O) groups is 2. The monoisotopic (exact) mass is 203 g/mol. The highest BCUT2D eigenvalue weighted by Gasteiger charge is 2.24. The minimum Gasteiger partial charge on any atom is -0.464 e. The first-order valence-corrected chi connectivity index (χ1v) is 4.57. The Labute approximate surface area is 83.7 Å². The van der Waals surface area contributed by atoms with E-state index in [0.717, 1.165) is 0 Å². The Morgan fingerprint density at radius 1 is 1.36 bits per heavy atom. The molecule has 82 valence electrons. The zero-order valence-electron chi connectivity index (χ0n) is 8.99. The third kappa shape index (κ3) is 4.94. The molecule has 0 radical (unpaired) electrons. The van der Waals surface area contributed by atoms with Crippen LogP contribution in [0.15, 0.2) is 0 Å². The van der Waals surface area contributed by atoms with Gasteiger partial charge in [-0.1, -0.05) is 0 Å². The Hall–Kier alpha value is -0.940. The van der Waals surface area contributed by atoms with E-state index < -0.39 is 12.0 Å². The molecule has 0 fully saturated rings. The maximum absolute atomic E-state index is 11.2. The second-order valence-electron chi connectivity index (χ2n) is 3.08. The summed E-state index contributed by atoms with van der Waals surface area (Å²) in [7, 11) is 0. The maximum Gasteiger partial charge on any atom is 0.333 e. The fraction of sp³-hybridized carbons (Fsp3) is 0.778. The third-order valence-corrected chi connectivity index (χ3v) is 1.35. The SMILES string of the molecule is CCOC(=O)C(NOC(C)C)C(C)=O. The van der Waals surface area contributed by atoms with Gasteiger partial charge in [-0.3, -0.25) is 9.63 Å². The first-order chi connectivity index (χ1) is 6.49. The molecule has 0 aromatic carbocycles. The Balaban J connectivity index is 4.15. The molecule has 5 nitrogen and oxygen atoms in total. The minimum absolute atomic E-state index is 0.105. The molecule has 0 aliphatic rings. The summed E-state index contributed by atoms with van der Waals surface area (Å²) in [6.45, 7) is 6.80. The molecular weight excluding hydrogens is 186 g/mol. The van der Waals surface area contributed by atoms with E-state index in [1.54, 1.807) is 20.8 Å². The molecule has 0 bridgehead atoms. The Kier molecular flexibility index (Phi) is 6.07. The average Bonchev–Trinajstić information content (AvgIpc) is 2.03. The lowest BCUT2D eigenvalue weighted by Crippen LogP contribution is -2.44. The zero-order chi connectivity index (χ0) is 11.1. The number of ketones is 1. The van der Waals surface area contributed by atoms with Crippen LogP contribution in [0, 0.1) is 0 Å². The fourth-order valence-electron chi connectivity index (χ4n) is 0.727. The van der Waals surface area contributed by atoms with Gasteiger partial charge in [0.1, 0.15) is 0 Å². The van der Waals surface area contributed by atoms with Crippen molar-refractivity contribution in [1.82, 2.24) is 5.48 Å². The van der Waals surface area contributed by atoms with Crippen molar-refractivity contribution in [3.05, 3.63) is 0 Å². The summed E-state index contributed by atoms with van der Waals surface area (Å²) in [5.74, 6) is -0.940. The Morgan fingerprint density at radius 2 is 1.93 bits per heavy atom. The summed E-state index contributed by atoms with van der Waals surface area (Å²) in [5.41, 5.74) is 2.38. The van der Waals surface area contributed by atoms with Crippen LogP contribution in [0.1, 0.15) is 27.7 Å². The van der Waals surface area contributed by atoms with Gasteiger partial charge in [-0.05, 0) is 27.7 Å². The van der Waals surface area contributed by atoms with Crippen LogP contribution in [-0.4, -0.2) is 30.5 Å². The molecule has 0 rings (SSSR count). The van der Waals surface area contributed by atoms with Crippen molar-refractivity contribution in [2.75, 3.05) is 6.61 Å². The van der Waals surface area contributed by atoms with E-state index in [-0.39, 0.29) is 18.5 Å². The molecule has 1 atom stereocenters. The number of ether oxygens (including phenoxy) is 1. The lowest BCUT2D eigenvalue weighted by molar-refractivity contribution is -0.155. The molecule has 1 unspecified atom stereocenters. The molecule has 0 spiro atoms. The van der Waals surface area contributed by atoms with Crippen LogP contribution >= 0.6 is 0 Å². The second kappa shape index (κ2) is 6.50. The van der Waals surface area contributed by atoms with Crippen LogP contribution in [0.25, 0.3) is 0 Å². The van der Waals surface area contributed by atoms with Gasteiger partial charge in [-0.25, -0.2) is 4.79 Å². The van der Waals surface area contributed by atoms with Crippen molar-refractivity contribution >= 4 is 11.8 Å². The van der Waals surface area contributed by atoms with Crippen LogP contribution in [0.4, 0.5) is 0 Å². The Morgan fingerprint density at radius 3 is 2.29 bits per heavy atom. The molecule has 14 heavy (non-hydrogen) atoms. The van der Waals surface area contributed by atoms with Crippen molar-refractivity contribution in [1.29, 1.82) is 0 Å². The predicted molar refractivity (Wildman–Crippen MR) is 50.5 cm³/mol. The number of hydrogen-bond donors (Lipinski definition) is 1. The Bertz CT molecular complexity index is 203. The summed E-state index contributed by atoms with van der Waals surface area (Å²) in [4.78, 5) is 27.2. The van der Waals surface area contributed by atoms with Crippen LogP contribution < -0.4 is 5.48 Å². The highest BCUT2D eigenvalue weighted by Crippen LogP contribution is 1.94. The normalized spacial score (nSPS) is 12.6. The van der Waals surface area contributed by atoms with Gasteiger partial charge in [0.15, 0.2) is 11.8 Å². The van der Waals surface area contributed by atoms with Gasteiger partial charge in [0.25, 0.3) is 0 Å². The van der Waals surface area contributed by atoms with Crippen LogP contribution in [0.5, 0.6) is 0 Å². The van der Waals surface area contributed by atoms with Crippen molar-refractivity contribution in [3.63, 3.8) is 0 Å². The number of rotatable bonds is 6. The standard InChI is InChI=1S/C9H17NO4/c1-5-13-9(12)8(7(4)11)10-14-6(2)3/h6,8,10H,5H2,1-4H3. The van der Waals surface area contributed by atoms with Crippen molar-refractivity contribution in [3.8, 4) is 0 Å². The fourth-order valence-corrected chi connectivity index (χ4v) is 0.727. The van der Waals surface area contributed by atoms with E-state index in [4.69, 9.17) is 9.57 Å². The molecule has 5 heteroatoms. The molecule has 1 N–H and O–H groups in total. The molecule has 0 saturated heterocycles. The molecule has 0 aromatic rings. The average molecular weight is 203 g/mol. The molecule has 0 saturated carbocycles.